The molecule has 1 aliphatic heterocycles. The third kappa shape index (κ3) is 3.23. The van der Waals surface area contributed by atoms with Gasteiger partial charge in [-0.25, -0.2) is 4.79 Å². The minimum atomic E-state index is -0.902. The minimum absolute atomic E-state index is 0.320. The number of carboxylic acids is 1. The van der Waals surface area contributed by atoms with Gasteiger partial charge in [-0.1, -0.05) is 46.3 Å². The van der Waals surface area contributed by atoms with Crippen LogP contribution in [-0.2, 0) is 0 Å². The van der Waals surface area contributed by atoms with Gasteiger partial charge >= 0.3 is 5.97 Å². The predicted molar refractivity (Wildman–Crippen MR) is 107 cm³/mol. The van der Waals surface area contributed by atoms with Gasteiger partial charge in [0.05, 0.1) is 11.1 Å². The second-order valence-corrected chi connectivity index (χ2v) is 8.64. The summed E-state index contributed by atoms with van der Waals surface area (Å²) in [5.41, 5.74) is 3.66. The van der Waals surface area contributed by atoms with Crippen LogP contribution >= 0.6 is 27.7 Å². The van der Waals surface area contributed by atoms with Crippen LogP contribution in [0.3, 0.4) is 0 Å². The number of fused-ring (bicyclic) bond motifs is 1. The molecule has 2 N–H and O–H groups in total. The third-order valence-electron chi connectivity index (χ3n) is 4.91. The van der Waals surface area contributed by atoms with Crippen LogP contribution in [0.4, 0.5) is 0 Å². The van der Waals surface area contributed by atoms with E-state index in [-0.39, 0.29) is 0 Å². The average Bonchev–Trinajstić information content (AvgIpc) is 3.05. The molecule has 2 heterocycles. The van der Waals surface area contributed by atoms with Gasteiger partial charge in [-0.05, 0) is 47.8 Å². The number of hydrogen-bond donors (Lipinski definition) is 2. The fourth-order valence-corrected chi connectivity index (χ4v) is 5.58. The molecular formula is C20H18BrNO2S. The van der Waals surface area contributed by atoms with E-state index in [1.807, 2.05) is 24.0 Å². The van der Waals surface area contributed by atoms with Gasteiger partial charge in [0, 0.05) is 21.3 Å². The summed E-state index contributed by atoms with van der Waals surface area (Å²) in [6, 6.07) is 14.4. The zero-order valence-corrected chi connectivity index (χ0v) is 15.9. The molecule has 1 fully saturated rings. The summed E-state index contributed by atoms with van der Waals surface area (Å²) < 4.78 is 0.808. The first kappa shape index (κ1) is 16.7. The van der Waals surface area contributed by atoms with Crippen molar-refractivity contribution in [1.29, 1.82) is 0 Å². The van der Waals surface area contributed by atoms with Gasteiger partial charge in [-0.3, -0.25) is 0 Å². The molecule has 0 aliphatic carbocycles. The van der Waals surface area contributed by atoms with Crippen molar-refractivity contribution in [3.63, 3.8) is 0 Å². The standard InChI is InChI=1S/C20H18BrNO2S/c21-14-9-15-17(11-22-19(15)16(10-14)20(23)24)13-6-7-25-18(8-13)12-4-2-1-3-5-12/h1-5,9-11,13,18,22H,6-8H2,(H,23,24). The normalized spacial score (nSPS) is 20.7. The summed E-state index contributed by atoms with van der Waals surface area (Å²) in [6.45, 7) is 0. The highest BCUT2D eigenvalue weighted by atomic mass is 79.9. The van der Waals surface area contributed by atoms with E-state index in [1.165, 1.54) is 11.1 Å². The lowest BCUT2D eigenvalue weighted by atomic mass is 9.89. The molecule has 0 saturated carbocycles. The Morgan fingerprint density at radius 1 is 1.24 bits per heavy atom. The Kier molecular flexibility index (Phi) is 4.61. The van der Waals surface area contributed by atoms with Crippen LogP contribution in [0, 0.1) is 0 Å². The Morgan fingerprint density at radius 2 is 2.04 bits per heavy atom. The molecule has 2 unspecified atom stereocenters. The van der Waals surface area contributed by atoms with E-state index in [1.54, 1.807) is 6.07 Å². The van der Waals surface area contributed by atoms with E-state index in [0.29, 0.717) is 16.7 Å². The molecule has 5 heteroatoms. The topological polar surface area (TPSA) is 53.1 Å². The highest BCUT2D eigenvalue weighted by Crippen LogP contribution is 2.46. The number of rotatable bonds is 3. The monoisotopic (exact) mass is 415 g/mol. The number of benzene rings is 2. The Balaban J connectivity index is 1.71. The highest BCUT2D eigenvalue weighted by molar-refractivity contribution is 9.10. The van der Waals surface area contributed by atoms with Gasteiger partial charge in [0.2, 0.25) is 0 Å². The van der Waals surface area contributed by atoms with E-state index < -0.39 is 5.97 Å². The number of halogens is 1. The first-order valence-corrected chi connectivity index (χ1v) is 10.2. The van der Waals surface area contributed by atoms with Gasteiger partial charge < -0.3 is 10.1 Å². The zero-order chi connectivity index (χ0) is 17.4. The Hall–Kier alpha value is -1.72. The number of aromatic nitrogens is 1. The number of carboxylic acid groups (broad SMARTS) is 1. The van der Waals surface area contributed by atoms with Gasteiger partial charge in [0.1, 0.15) is 0 Å². The number of nitrogens with one attached hydrogen (secondary N) is 1. The van der Waals surface area contributed by atoms with E-state index in [2.05, 4.69) is 51.2 Å². The molecule has 0 spiro atoms. The lowest BCUT2D eigenvalue weighted by Gasteiger charge is -2.29. The van der Waals surface area contributed by atoms with Gasteiger partial charge in [0.15, 0.2) is 0 Å². The summed E-state index contributed by atoms with van der Waals surface area (Å²) >= 11 is 5.48. The van der Waals surface area contributed by atoms with Crippen LogP contribution in [0.25, 0.3) is 10.9 Å². The fourth-order valence-electron chi connectivity index (χ4n) is 3.70. The molecule has 1 aliphatic rings. The van der Waals surface area contributed by atoms with E-state index >= 15 is 0 Å². The molecule has 0 radical (unpaired) electrons. The number of aromatic amines is 1. The fraction of sp³-hybridized carbons (Fsp3) is 0.250. The number of H-pyrrole nitrogens is 1. The lowest BCUT2D eigenvalue weighted by molar-refractivity contribution is 0.0699. The van der Waals surface area contributed by atoms with Crippen LogP contribution in [0.2, 0.25) is 0 Å². The summed E-state index contributed by atoms with van der Waals surface area (Å²) in [4.78, 5) is 14.8. The highest BCUT2D eigenvalue weighted by Gasteiger charge is 2.27. The molecule has 4 rings (SSSR count). The predicted octanol–water partition coefficient (Wildman–Crippen LogP) is 5.98. The smallest absolute Gasteiger partial charge is 0.337 e. The molecule has 25 heavy (non-hydrogen) atoms. The molecular weight excluding hydrogens is 398 g/mol. The van der Waals surface area contributed by atoms with E-state index in [4.69, 9.17) is 0 Å². The summed E-state index contributed by atoms with van der Waals surface area (Å²) in [5, 5.41) is 11.0. The first-order chi connectivity index (χ1) is 12.1. The summed E-state index contributed by atoms with van der Waals surface area (Å²) in [6.07, 6.45) is 4.21. The number of aromatic carboxylic acids is 1. The van der Waals surface area contributed by atoms with Crippen LogP contribution in [0.1, 0.15) is 45.5 Å². The number of hydrogen-bond acceptors (Lipinski definition) is 2. The molecule has 128 valence electrons. The molecule has 3 aromatic rings. The minimum Gasteiger partial charge on any atom is -0.478 e. The Morgan fingerprint density at radius 3 is 2.80 bits per heavy atom. The van der Waals surface area contributed by atoms with E-state index in [9.17, 15) is 9.90 Å². The van der Waals surface area contributed by atoms with Crippen LogP contribution in [0.5, 0.6) is 0 Å². The second kappa shape index (κ2) is 6.89. The van der Waals surface area contributed by atoms with Gasteiger partial charge in [-0.15, -0.1) is 0 Å². The molecule has 2 atom stereocenters. The SMILES string of the molecule is O=C(O)c1cc(Br)cc2c(C3CCSC(c4ccccc4)C3)c[nH]c12. The molecule has 3 nitrogen and oxygen atoms in total. The number of carbonyl (C=O) groups is 1. The number of thioether (sulfide) groups is 1. The average molecular weight is 416 g/mol. The second-order valence-electron chi connectivity index (χ2n) is 6.42. The quantitative estimate of drug-likeness (QED) is 0.552. The molecule has 0 bridgehead atoms. The zero-order valence-electron chi connectivity index (χ0n) is 13.5. The Labute approximate surface area is 159 Å². The van der Waals surface area contributed by atoms with Crippen LogP contribution < -0.4 is 0 Å². The summed E-state index contributed by atoms with van der Waals surface area (Å²) in [7, 11) is 0. The molecule has 0 amide bonds. The molecule has 1 saturated heterocycles. The van der Waals surface area contributed by atoms with Crippen molar-refractivity contribution in [2.45, 2.75) is 24.0 Å². The van der Waals surface area contributed by atoms with Crippen LogP contribution in [0.15, 0.2) is 53.1 Å². The van der Waals surface area contributed by atoms with Crippen molar-refractivity contribution in [3.05, 3.63) is 69.8 Å². The van der Waals surface area contributed by atoms with Crippen molar-refractivity contribution in [1.82, 2.24) is 4.98 Å². The molecule has 2 aromatic carbocycles. The van der Waals surface area contributed by atoms with Crippen LogP contribution in [-0.4, -0.2) is 21.8 Å². The van der Waals surface area contributed by atoms with Crippen molar-refractivity contribution < 1.29 is 9.90 Å². The summed E-state index contributed by atoms with van der Waals surface area (Å²) in [5.74, 6) is 0.661. The largest absolute Gasteiger partial charge is 0.478 e. The lowest BCUT2D eigenvalue weighted by Crippen LogP contribution is -2.11. The maximum absolute atomic E-state index is 11.5. The van der Waals surface area contributed by atoms with Gasteiger partial charge in [-0.2, -0.15) is 11.8 Å². The maximum Gasteiger partial charge on any atom is 0.337 e. The van der Waals surface area contributed by atoms with Crippen molar-refractivity contribution in [2.75, 3.05) is 5.75 Å². The Bertz CT molecular complexity index is 922. The van der Waals surface area contributed by atoms with E-state index in [0.717, 1.165) is 34.0 Å². The van der Waals surface area contributed by atoms with Crippen molar-refractivity contribution >= 4 is 44.6 Å². The van der Waals surface area contributed by atoms with Gasteiger partial charge in [0.25, 0.3) is 0 Å². The first-order valence-electron chi connectivity index (χ1n) is 8.34. The molecule has 1 aromatic heterocycles. The van der Waals surface area contributed by atoms with Crippen molar-refractivity contribution in [2.24, 2.45) is 0 Å². The maximum atomic E-state index is 11.5. The third-order valence-corrected chi connectivity index (χ3v) is 6.71. The van der Waals surface area contributed by atoms with Crippen molar-refractivity contribution in [3.8, 4) is 0 Å².